The Kier molecular flexibility index (Phi) is 4.96. The summed E-state index contributed by atoms with van der Waals surface area (Å²) >= 11 is 0. The number of hydrogen-bond donors (Lipinski definition) is 1. The molecule has 2 heterocycles. The first-order valence-corrected chi connectivity index (χ1v) is 8.67. The van der Waals surface area contributed by atoms with E-state index in [1.807, 2.05) is 17.9 Å². The van der Waals surface area contributed by atoms with Gasteiger partial charge < -0.3 is 5.32 Å². The molecule has 4 nitrogen and oxygen atoms in total. The van der Waals surface area contributed by atoms with Crippen molar-refractivity contribution in [2.45, 2.75) is 57.5 Å². The molecular formula is C17H30N4. The van der Waals surface area contributed by atoms with E-state index in [4.69, 9.17) is 0 Å². The van der Waals surface area contributed by atoms with Crippen LogP contribution in [0.5, 0.6) is 0 Å². The zero-order valence-electron chi connectivity index (χ0n) is 13.6. The Morgan fingerprint density at radius 1 is 1.29 bits per heavy atom. The van der Waals surface area contributed by atoms with Crippen LogP contribution in [0.1, 0.15) is 44.6 Å². The van der Waals surface area contributed by atoms with Crippen molar-refractivity contribution >= 4 is 0 Å². The monoisotopic (exact) mass is 290 g/mol. The fraction of sp³-hybridized carbons (Fsp3) is 0.824. The second-order valence-corrected chi connectivity index (χ2v) is 7.03. The molecular weight excluding hydrogens is 260 g/mol. The van der Waals surface area contributed by atoms with Crippen molar-refractivity contribution < 1.29 is 0 Å². The predicted octanol–water partition coefficient (Wildman–Crippen LogP) is 2.21. The number of rotatable bonds is 4. The molecule has 0 radical (unpaired) electrons. The molecule has 1 saturated heterocycles. The average molecular weight is 290 g/mol. The topological polar surface area (TPSA) is 33.1 Å². The molecule has 0 aromatic carbocycles. The third-order valence-electron chi connectivity index (χ3n) is 5.39. The molecule has 1 aromatic rings. The fourth-order valence-electron chi connectivity index (χ4n) is 3.99. The first-order valence-electron chi connectivity index (χ1n) is 8.67. The van der Waals surface area contributed by atoms with Crippen LogP contribution in [0, 0.1) is 5.92 Å². The van der Waals surface area contributed by atoms with Gasteiger partial charge in [-0.05, 0) is 37.7 Å². The third kappa shape index (κ3) is 3.86. The van der Waals surface area contributed by atoms with Crippen LogP contribution in [-0.2, 0) is 13.5 Å². The average Bonchev–Trinajstić information content (AvgIpc) is 2.93. The summed E-state index contributed by atoms with van der Waals surface area (Å²) in [4.78, 5) is 2.68. The van der Waals surface area contributed by atoms with Gasteiger partial charge in [0.1, 0.15) is 0 Å². The number of aromatic nitrogens is 2. The SMILES string of the molecule is CC1CNC(C2CCCCC2)CN1CCc1cnn(C)c1. The highest BCUT2D eigenvalue weighted by Crippen LogP contribution is 2.28. The maximum absolute atomic E-state index is 4.27. The normalized spacial score (nSPS) is 28.9. The van der Waals surface area contributed by atoms with E-state index in [1.165, 1.54) is 44.2 Å². The molecule has 1 N–H and O–H groups in total. The fourth-order valence-corrected chi connectivity index (χ4v) is 3.99. The Balaban J connectivity index is 1.53. The summed E-state index contributed by atoms with van der Waals surface area (Å²) < 4.78 is 1.90. The first kappa shape index (κ1) is 15.0. The van der Waals surface area contributed by atoms with Crippen molar-refractivity contribution in [2.75, 3.05) is 19.6 Å². The summed E-state index contributed by atoms with van der Waals surface area (Å²) in [5.41, 5.74) is 1.36. The highest BCUT2D eigenvalue weighted by Gasteiger charge is 2.30. The molecule has 2 unspecified atom stereocenters. The van der Waals surface area contributed by atoms with Gasteiger partial charge in [0.25, 0.3) is 0 Å². The lowest BCUT2D eigenvalue weighted by atomic mass is 9.82. The summed E-state index contributed by atoms with van der Waals surface area (Å²) in [5, 5.41) is 8.09. The van der Waals surface area contributed by atoms with Crippen LogP contribution in [-0.4, -0.2) is 46.4 Å². The molecule has 0 amide bonds. The minimum atomic E-state index is 0.654. The van der Waals surface area contributed by atoms with Crippen LogP contribution in [0.25, 0.3) is 0 Å². The maximum Gasteiger partial charge on any atom is 0.0522 e. The Hall–Kier alpha value is -0.870. The summed E-state index contributed by atoms with van der Waals surface area (Å²) in [6, 6.07) is 1.37. The Morgan fingerprint density at radius 3 is 2.81 bits per heavy atom. The second-order valence-electron chi connectivity index (χ2n) is 7.03. The van der Waals surface area contributed by atoms with E-state index in [0.29, 0.717) is 6.04 Å². The van der Waals surface area contributed by atoms with Gasteiger partial charge in [0.05, 0.1) is 6.20 Å². The zero-order chi connectivity index (χ0) is 14.7. The van der Waals surface area contributed by atoms with Gasteiger partial charge in [0.2, 0.25) is 0 Å². The van der Waals surface area contributed by atoms with E-state index in [0.717, 1.165) is 31.5 Å². The highest BCUT2D eigenvalue weighted by atomic mass is 15.2. The standard InChI is InChI=1S/C17H30N4/c1-14-10-18-17(16-6-4-3-5-7-16)13-21(14)9-8-15-11-19-20(2)12-15/h11-12,14,16-18H,3-10,13H2,1-2H3. The molecule has 0 spiro atoms. The van der Waals surface area contributed by atoms with Gasteiger partial charge in [0.15, 0.2) is 0 Å². The molecule has 2 aliphatic rings. The summed E-state index contributed by atoms with van der Waals surface area (Å²) in [6.07, 6.45) is 12.5. The zero-order valence-corrected chi connectivity index (χ0v) is 13.6. The number of nitrogens with one attached hydrogen (secondary N) is 1. The number of aryl methyl sites for hydroxylation is 1. The molecule has 2 fully saturated rings. The Morgan fingerprint density at radius 2 is 2.10 bits per heavy atom. The van der Waals surface area contributed by atoms with Crippen molar-refractivity contribution in [2.24, 2.45) is 13.0 Å². The smallest absolute Gasteiger partial charge is 0.0522 e. The van der Waals surface area contributed by atoms with Crippen molar-refractivity contribution in [1.82, 2.24) is 20.0 Å². The molecule has 1 aliphatic carbocycles. The number of piperazine rings is 1. The lowest BCUT2D eigenvalue weighted by molar-refractivity contribution is 0.105. The molecule has 118 valence electrons. The molecule has 2 atom stereocenters. The van der Waals surface area contributed by atoms with Gasteiger partial charge in [0, 0.05) is 45.0 Å². The minimum absolute atomic E-state index is 0.654. The van der Waals surface area contributed by atoms with Crippen LogP contribution in [0.4, 0.5) is 0 Å². The first-order chi connectivity index (χ1) is 10.2. The van der Waals surface area contributed by atoms with E-state index in [2.05, 4.69) is 28.4 Å². The van der Waals surface area contributed by atoms with Crippen molar-refractivity contribution in [1.29, 1.82) is 0 Å². The summed E-state index contributed by atoms with van der Waals surface area (Å²) in [6.45, 7) is 5.89. The summed E-state index contributed by atoms with van der Waals surface area (Å²) in [7, 11) is 2.00. The van der Waals surface area contributed by atoms with E-state index in [1.54, 1.807) is 0 Å². The van der Waals surface area contributed by atoms with E-state index >= 15 is 0 Å². The van der Waals surface area contributed by atoms with Gasteiger partial charge in [-0.1, -0.05) is 19.3 Å². The quantitative estimate of drug-likeness (QED) is 0.923. The van der Waals surface area contributed by atoms with E-state index in [-0.39, 0.29) is 0 Å². The van der Waals surface area contributed by atoms with Gasteiger partial charge in [-0.2, -0.15) is 5.10 Å². The number of hydrogen-bond acceptors (Lipinski definition) is 3. The molecule has 1 aliphatic heterocycles. The van der Waals surface area contributed by atoms with Crippen LogP contribution in [0.15, 0.2) is 12.4 Å². The van der Waals surface area contributed by atoms with Crippen molar-refractivity contribution in [3.05, 3.63) is 18.0 Å². The second kappa shape index (κ2) is 6.93. The Labute approximate surface area is 128 Å². The lowest BCUT2D eigenvalue weighted by Gasteiger charge is -2.42. The van der Waals surface area contributed by atoms with Crippen molar-refractivity contribution in [3.63, 3.8) is 0 Å². The highest BCUT2D eigenvalue weighted by molar-refractivity contribution is 5.04. The molecule has 3 rings (SSSR count). The van der Waals surface area contributed by atoms with Crippen LogP contribution in [0.3, 0.4) is 0 Å². The van der Waals surface area contributed by atoms with E-state index in [9.17, 15) is 0 Å². The molecule has 0 bridgehead atoms. The lowest BCUT2D eigenvalue weighted by Crippen LogP contribution is -2.58. The van der Waals surface area contributed by atoms with Gasteiger partial charge >= 0.3 is 0 Å². The van der Waals surface area contributed by atoms with Gasteiger partial charge in [-0.3, -0.25) is 9.58 Å². The Bertz CT molecular complexity index is 436. The van der Waals surface area contributed by atoms with Crippen LogP contribution in [0.2, 0.25) is 0 Å². The van der Waals surface area contributed by atoms with Gasteiger partial charge in [-0.15, -0.1) is 0 Å². The van der Waals surface area contributed by atoms with Crippen LogP contribution >= 0.6 is 0 Å². The summed E-state index contributed by atoms with van der Waals surface area (Å²) in [5.74, 6) is 0.909. The van der Waals surface area contributed by atoms with Crippen LogP contribution < -0.4 is 5.32 Å². The van der Waals surface area contributed by atoms with Gasteiger partial charge in [-0.25, -0.2) is 0 Å². The largest absolute Gasteiger partial charge is 0.311 e. The van der Waals surface area contributed by atoms with Crippen molar-refractivity contribution in [3.8, 4) is 0 Å². The number of nitrogens with zero attached hydrogens (tertiary/aromatic N) is 3. The molecule has 1 aromatic heterocycles. The molecule has 1 saturated carbocycles. The third-order valence-corrected chi connectivity index (χ3v) is 5.39. The molecule has 4 heteroatoms. The minimum Gasteiger partial charge on any atom is -0.311 e. The maximum atomic E-state index is 4.27. The van der Waals surface area contributed by atoms with E-state index < -0.39 is 0 Å². The predicted molar refractivity (Wildman–Crippen MR) is 86.3 cm³/mol. The molecule has 21 heavy (non-hydrogen) atoms.